The third kappa shape index (κ3) is 1.95. The SMILES string of the molecule is c1cn2cnnc2c(N2CCOC(c3ccsc3)C2)n1. The van der Waals surface area contributed by atoms with E-state index in [1.54, 1.807) is 23.9 Å². The van der Waals surface area contributed by atoms with Gasteiger partial charge in [0.15, 0.2) is 5.82 Å². The van der Waals surface area contributed by atoms with Crippen LogP contribution >= 0.6 is 11.3 Å². The third-order valence-corrected chi connectivity index (χ3v) is 4.18. The summed E-state index contributed by atoms with van der Waals surface area (Å²) in [4.78, 5) is 6.69. The molecular formula is C13H13N5OS. The van der Waals surface area contributed by atoms with E-state index < -0.39 is 0 Å². The molecule has 1 aliphatic heterocycles. The maximum Gasteiger partial charge on any atom is 0.203 e. The number of nitrogens with zero attached hydrogens (tertiary/aromatic N) is 5. The van der Waals surface area contributed by atoms with E-state index in [-0.39, 0.29) is 6.10 Å². The second-order valence-corrected chi connectivity index (χ2v) is 5.45. The van der Waals surface area contributed by atoms with Crippen molar-refractivity contribution >= 4 is 22.8 Å². The Morgan fingerprint density at radius 3 is 3.30 bits per heavy atom. The molecule has 4 heterocycles. The standard InChI is InChI=1S/C13H13N5OS/c1-6-20-8-10(1)11-7-17(4-5-19-11)12-13-16-15-9-18(13)3-2-14-12/h1-3,6,8-9,11H,4-5,7H2. The Balaban J connectivity index is 1.66. The topological polar surface area (TPSA) is 55.5 Å². The fraction of sp³-hybridized carbons (Fsp3) is 0.308. The molecule has 1 saturated heterocycles. The molecular weight excluding hydrogens is 274 g/mol. The van der Waals surface area contributed by atoms with Crippen molar-refractivity contribution < 1.29 is 4.74 Å². The van der Waals surface area contributed by atoms with Crippen LogP contribution in [0.25, 0.3) is 5.65 Å². The van der Waals surface area contributed by atoms with E-state index in [2.05, 4.69) is 36.9 Å². The molecule has 0 amide bonds. The van der Waals surface area contributed by atoms with Gasteiger partial charge in [-0.25, -0.2) is 4.98 Å². The van der Waals surface area contributed by atoms with Gasteiger partial charge in [0.2, 0.25) is 5.65 Å². The number of hydrogen-bond acceptors (Lipinski definition) is 6. The van der Waals surface area contributed by atoms with E-state index >= 15 is 0 Å². The zero-order chi connectivity index (χ0) is 13.4. The zero-order valence-electron chi connectivity index (χ0n) is 10.7. The minimum atomic E-state index is 0.0972. The van der Waals surface area contributed by atoms with Crippen LogP contribution in [0.3, 0.4) is 0 Å². The number of aromatic nitrogens is 4. The Morgan fingerprint density at radius 1 is 1.40 bits per heavy atom. The van der Waals surface area contributed by atoms with E-state index in [4.69, 9.17) is 4.74 Å². The van der Waals surface area contributed by atoms with Crippen molar-refractivity contribution in [2.24, 2.45) is 0 Å². The van der Waals surface area contributed by atoms with Crippen LogP contribution in [0.2, 0.25) is 0 Å². The van der Waals surface area contributed by atoms with Crippen molar-refractivity contribution in [3.8, 4) is 0 Å². The first kappa shape index (κ1) is 11.8. The number of hydrogen-bond donors (Lipinski definition) is 0. The first-order valence-corrected chi connectivity index (χ1v) is 7.39. The van der Waals surface area contributed by atoms with E-state index in [9.17, 15) is 0 Å². The quantitative estimate of drug-likeness (QED) is 0.719. The molecule has 1 atom stereocenters. The minimum Gasteiger partial charge on any atom is -0.370 e. The van der Waals surface area contributed by atoms with Gasteiger partial charge in [0, 0.05) is 18.9 Å². The molecule has 0 bridgehead atoms. The van der Waals surface area contributed by atoms with Gasteiger partial charge in [-0.15, -0.1) is 10.2 Å². The minimum absolute atomic E-state index is 0.0972. The average molecular weight is 287 g/mol. The lowest BCUT2D eigenvalue weighted by atomic mass is 10.1. The number of anilines is 1. The summed E-state index contributed by atoms with van der Waals surface area (Å²) in [5.74, 6) is 0.869. The van der Waals surface area contributed by atoms with Crippen LogP contribution in [0.5, 0.6) is 0 Å². The fourth-order valence-corrected chi connectivity index (χ4v) is 3.17. The van der Waals surface area contributed by atoms with E-state index in [0.717, 1.165) is 24.6 Å². The summed E-state index contributed by atoms with van der Waals surface area (Å²) in [5, 5.41) is 12.3. The van der Waals surface area contributed by atoms with Crippen molar-refractivity contribution in [1.29, 1.82) is 0 Å². The highest BCUT2D eigenvalue weighted by Gasteiger charge is 2.25. The Kier molecular flexibility index (Phi) is 2.86. The Hall–Kier alpha value is -1.99. The van der Waals surface area contributed by atoms with E-state index in [1.165, 1.54) is 5.56 Å². The summed E-state index contributed by atoms with van der Waals surface area (Å²) in [6.07, 6.45) is 5.42. The maximum atomic E-state index is 5.86. The number of ether oxygens (including phenoxy) is 1. The highest BCUT2D eigenvalue weighted by Crippen LogP contribution is 2.27. The van der Waals surface area contributed by atoms with Gasteiger partial charge in [0.1, 0.15) is 12.4 Å². The lowest BCUT2D eigenvalue weighted by molar-refractivity contribution is 0.0398. The molecule has 0 aromatic carbocycles. The van der Waals surface area contributed by atoms with Crippen molar-refractivity contribution in [3.63, 3.8) is 0 Å². The second kappa shape index (κ2) is 4.84. The summed E-state index contributed by atoms with van der Waals surface area (Å²) in [5.41, 5.74) is 2.02. The summed E-state index contributed by atoms with van der Waals surface area (Å²) in [6.45, 7) is 2.30. The van der Waals surface area contributed by atoms with Gasteiger partial charge in [-0.05, 0) is 22.4 Å². The molecule has 7 heteroatoms. The van der Waals surface area contributed by atoms with Crippen LogP contribution in [0.4, 0.5) is 5.82 Å². The molecule has 3 aromatic heterocycles. The molecule has 102 valence electrons. The van der Waals surface area contributed by atoms with Gasteiger partial charge in [-0.1, -0.05) is 0 Å². The number of fused-ring (bicyclic) bond motifs is 1. The van der Waals surface area contributed by atoms with Gasteiger partial charge < -0.3 is 9.64 Å². The molecule has 0 aliphatic carbocycles. The van der Waals surface area contributed by atoms with Crippen molar-refractivity contribution in [2.75, 3.05) is 24.6 Å². The molecule has 0 spiro atoms. The molecule has 20 heavy (non-hydrogen) atoms. The smallest absolute Gasteiger partial charge is 0.203 e. The maximum absolute atomic E-state index is 5.86. The fourth-order valence-electron chi connectivity index (χ4n) is 2.47. The predicted molar refractivity (Wildman–Crippen MR) is 76.0 cm³/mol. The molecule has 1 unspecified atom stereocenters. The first-order chi connectivity index (χ1) is 9.92. The van der Waals surface area contributed by atoms with Gasteiger partial charge in [0.05, 0.1) is 13.2 Å². The summed E-state index contributed by atoms with van der Waals surface area (Å²) >= 11 is 1.69. The van der Waals surface area contributed by atoms with Crippen LogP contribution in [-0.4, -0.2) is 39.3 Å². The van der Waals surface area contributed by atoms with Crippen LogP contribution in [-0.2, 0) is 4.74 Å². The molecule has 0 radical (unpaired) electrons. The largest absolute Gasteiger partial charge is 0.370 e. The Labute approximate surface area is 119 Å². The molecule has 1 fully saturated rings. The normalized spacial score (nSPS) is 19.6. The van der Waals surface area contributed by atoms with Gasteiger partial charge in [0.25, 0.3) is 0 Å². The predicted octanol–water partition coefficient (Wildman–Crippen LogP) is 1.76. The highest BCUT2D eigenvalue weighted by atomic mass is 32.1. The number of morpholine rings is 1. The summed E-state index contributed by atoms with van der Waals surface area (Å²) in [7, 11) is 0. The molecule has 6 nitrogen and oxygen atoms in total. The van der Waals surface area contributed by atoms with Crippen molar-refractivity contribution in [2.45, 2.75) is 6.10 Å². The molecule has 0 N–H and O–H groups in total. The van der Waals surface area contributed by atoms with Gasteiger partial charge in [-0.3, -0.25) is 4.40 Å². The second-order valence-electron chi connectivity index (χ2n) is 4.67. The van der Waals surface area contributed by atoms with Crippen LogP contribution in [0.1, 0.15) is 11.7 Å². The highest BCUT2D eigenvalue weighted by molar-refractivity contribution is 7.07. The summed E-state index contributed by atoms with van der Waals surface area (Å²) < 4.78 is 7.75. The lowest BCUT2D eigenvalue weighted by Crippen LogP contribution is -2.39. The van der Waals surface area contributed by atoms with E-state index in [0.29, 0.717) is 6.61 Å². The molecule has 4 rings (SSSR count). The Morgan fingerprint density at radius 2 is 2.40 bits per heavy atom. The first-order valence-electron chi connectivity index (χ1n) is 6.45. The molecule has 3 aromatic rings. The van der Waals surface area contributed by atoms with Crippen molar-refractivity contribution in [3.05, 3.63) is 41.1 Å². The molecule has 0 saturated carbocycles. The monoisotopic (exact) mass is 287 g/mol. The zero-order valence-corrected chi connectivity index (χ0v) is 11.5. The van der Waals surface area contributed by atoms with Gasteiger partial charge >= 0.3 is 0 Å². The lowest BCUT2D eigenvalue weighted by Gasteiger charge is -2.33. The number of thiophene rings is 1. The van der Waals surface area contributed by atoms with Crippen LogP contribution < -0.4 is 4.90 Å². The van der Waals surface area contributed by atoms with Crippen molar-refractivity contribution in [1.82, 2.24) is 19.6 Å². The summed E-state index contributed by atoms with van der Waals surface area (Å²) in [6, 6.07) is 2.11. The third-order valence-electron chi connectivity index (χ3n) is 3.48. The Bertz CT molecular complexity index is 710. The number of rotatable bonds is 2. The average Bonchev–Trinajstić information content (AvgIpc) is 3.18. The van der Waals surface area contributed by atoms with Crippen LogP contribution in [0.15, 0.2) is 35.5 Å². The van der Waals surface area contributed by atoms with Crippen LogP contribution in [0, 0.1) is 0 Å². The van der Waals surface area contributed by atoms with E-state index in [1.807, 2.05) is 10.6 Å². The molecule has 1 aliphatic rings. The van der Waals surface area contributed by atoms with Gasteiger partial charge in [-0.2, -0.15) is 11.3 Å².